The van der Waals surface area contributed by atoms with E-state index in [4.69, 9.17) is 10.8 Å². The maximum Gasteiger partial charge on any atom is 0.220 e. The van der Waals surface area contributed by atoms with Crippen molar-refractivity contribution >= 4 is 11.8 Å². The molecule has 0 aliphatic rings. The quantitative estimate of drug-likeness (QED) is 0.0586. The number of nitrogens with one attached hydrogen (secondary N) is 1. The fourth-order valence-electron chi connectivity index (χ4n) is 6.53. The summed E-state index contributed by atoms with van der Waals surface area (Å²) >= 11 is 0. The highest BCUT2D eigenvalue weighted by molar-refractivity contribution is 5.75. The molecule has 0 saturated heterocycles. The highest BCUT2D eigenvalue weighted by Crippen LogP contribution is 2.17. The number of primary amides is 1. The van der Waals surface area contributed by atoms with E-state index in [0.29, 0.717) is 19.4 Å². The molecule has 0 aliphatic heterocycles. The monoisotopic (exact) mass is 637 g/mol. The van der Waals surface area contributed by atoms with Gasteiger partial charge in [-0.2, -0.15) is 0 Å². The van der Waals surface area contributed by atoms with Gasteiger partial charge in [-0.05, 0) is 12.8 Å². The smallest absolute Gasteiger partial charge is 0.220 e. The molecule has 4 N–H and O–H groups in total. The van der Waals surface area contributed by atoms with Crippen LogP contribution in [-0.2, 0) is 9.59 Å². The highest BCUT2D eigenvalue weighted by atomic mass is 16.3. The van der Waals surface area contributed by atoms with Gasteiger partial charge in [-0.15, -0.1) is 0 Å². The highest BCUT2D eigenvalue weighted by Gasteiger charge is 2.00. The van der Waals surface area contributed by atoms with Gasteiger partial charge in [-0.1, -0.05) is 205 Å². The van der Waals surface area contributed by atoms with E-state index in [1.807, 2.05) is 0 Å². The minimum absolute atomic E-state index is 0.0288. The van der Waals surface area contributed by atoms with Gasteiger partial charge in [0.05, 0.1) is 6.61 Å². The maximum absolute atomic E-state index is 11.5. The lowest BCUT2D eigenvalue weighted by Crippen LogP contribution is -2.25. The van der Waals surface area contributed by atoms with Crippen LogP contribution in [0.25, 0.3) is 0 Å². The summed E-state index contributed by atoms with van der Waals surface area (Å²) in [4.78, 5) is 22.2. The van der Waals surface area contributed by atoms with Gasteiger partial charge in [0.25, 0.3) is 0 Å². The maximum atomic E-state index is 11.5. The predicted molar refractivity (Wildman–Crippen MR) is 196 cm³/mol. The molecule has 0 unspecified atom stereocenters. The van der Waals surface area contributed by atoms with Crippen LogP contribution in [0.1, 0.15) is 231 Å². The molecule has 5 heteroatoms. The van der Waals surface area contributed by atoms with Crippen LogP contribution in [0.2, 0.25) is 0 Å². The van der Waals surface area contributed by atoms with Crippen molar-refractivity contribution < 1.29 is 14.7 Å². The van der Waals surface area contributed by atoms with Crippen LogP contribution in [0.4, 0.5) is 0 Å². The molecular weight excluding hydrogens is 556 g/mol. The fourth-order valence-corrected chi connectivity index (χ4v) is 6.53. The van der Waals surface area contributed by atoms with Crippen LogP contribution in [0.3, 0.4) is 0 Å². The van der Waals surface area contributed by atoms with Crippen LogP contribution >= 0.6 is 0 Å². The summed E-state index contributed by atoms with van der Waals surface area (Å²) in [6.07, 6.45) is 47.7. The summed E-state index contributed by atoms with van der Waals surface area (Å²) in [5, 5.41) is 11.4. The Labute approximate surface area is 281 Å². The van der Waals surface area contributed by atoms with Crippen molar-refractivity contribution in [3.63, 3.8) is 0 Å². The molecule has 0 saturated carbocycles. The third-order valence-electron chi connectivity index (χ3n) is 9.51. The number of carbonyl (C=O) groups is 2. The first kappa shape index (κ1) is 43.9. The second-order valence-corrected chi connectivity index (χ2v) is 14.1. The number of amides is 2. The Balaban J connectivity index is 3.07. The first-order chi connectivity index (χ1) is 22.2. The molecular formula is C40H80N2O3. The summed E-state index contributed by atoms with van der Waals surface area (Å²) < 4.78 is 0. The van der Waals surface area contributed by atoms with Crippen molar-refractivity contribution in [2.24, 2.45) is 5.73 Å². The van der Waals surface area contributed by atoms with Crippen molar-refractivity contribution in [1.82, 2.24) is 5.32 Å². The summed E-state index contributed by atoms with van der Waals surface area (Å²) in [5.41, 5.74) is 5.17. The summed E-state index contributed by atoms with van der Waals surface area (Å²) in [7, 11) is 0. The molecule has 0 aromatic carbocycles. The first-order valence-corrected chi connectivity index (χ1v) is 20.3. The van der Waals surface area contributed by atoms with Crippen LogP contribution < -0.4 is 11.1 Å². The molecule has 0 fully saturated rings. The Morgan fingerprint density at radius 2 is 0.556 bits per heavy atom. The zero-order valence-electron chi connectivity index (χ0n) is 30.2. The van der Waals surface area contributed by atoms with Gasteiger partial charge in [0.15, 0.2) is 0 Å². The Kier molecular flexibility index (Phi) is 38.1. The van der Waals surface area contributed by atoms with E-state index in [-0.39, 0.29) is 18.4 Å². The minimum Gasteiger partial charge on any atom is -0.395 e. The number of aliphatic hydroxyl groups is 1. The molecule has 2 amide bonds. The van der Waals surface area contributed by atoms with E-state index in [0.717, 1.165) is 25.7 Å². The summed E-state index contributed by atoms with van der Waals surface area (Å²) in [6, 6.07) is 0. The van der Waals surface area contributed by atoms with Crippen molar-refractivity contribution in [2.45, 2.75) is 231 Å². The van der Waals surface area contributed by atoms with Crippen LogP contribution in [0.5, 0.6) is 0 Å². The van der Waals surface area contributed by atoms with Gasteiger partial charge in [-0.3, -0.25) is 9.59 Å². The Morgan fingerprint density at radius 3 is 0.756 bits per heavy atom. The number of nitrogens with two attached hydrogens (primary N) is 1. The van der Waals surface area contributed by atoms with E-state index in [1.165, 1.54) is 193 Å². The van der Waals surface area contributed by atoms with Crippen molar-refractivity contribution in [2.75, 3.05) is 13.2 Å². The molecule has 0 atom stereocenters. The van der Waals surface area contributed by atoms with Gasteiger partial charge in [0.1, 0.15) is 0 Å². The molecule has 0 aromatic heterocycles. The Hall–Kier alpha value is -1.10. The normalized spacial score (nSPS) is 11.3. The molecule has 45 heavy (non-hydrogen) atoms. The van der Waals surface area contributed by atoms with E-state index < -0.39 is 0 Å². The van der Waals surface area contributed by atoms with Gasteiger partial charge in [0.2, 0.25) is 11.8 Å². The summed E-state index contributed by atoms with van der Waals surface area (Å²) in [5.74, 6) is -0.0747. The number of unbranched alkanes of at least 4 members (excludes halogenated alkanes) is 33. The second kappa shape index (κ2) is 39.1. The first-order valence-electron chi connectivity index (χ1n) is 20.3. The van der Waals surface area contributed by atoms with E-state index in [2.05, 4.69) is 5.32 Å². The van der Waals surface area contributed by atoms with Crippen molar-refractivity contribution in [3.8, 4) is 0 Å². The van der Waals surface area contributed by atoms with Gasteiger partial charge >= 0.3 is 0 Å². The topological polar surface area (TPSA) is 92.4 Å². The van der Waals surface area contributed by atoms with Crippen molar-refractivity contribution in [3.05, 3.63) is 0 Å². The van der Waals surface area contributed by atoms with Crippen LogP contribution in [0.15, 0.2) is 0 Å². The average molecular weight is 637 g/mol. The average Bonchev–Trinajstić information content (AvgIpc) is 3.03. The zero-order valence-corrected chi connectivity index (χ0v) is 30.2. The standard InChI is InChI=1S/C40H80N2O3/c41-39(44)35-33-31-29-27-25-23-21-19-17-15-13-11-9-7-5-3-1-2-4-6-8-10-12-14-16-18-20-22-24-26-28-30-32-34-36-40(45)42-37-38-43/h43H,1-38H2,(H2,41,44)(H,42,45). The number of hydrogen-bond donors (Lipinski definition) is 3. The lowest BCUT2D eigenvalue weighted by Gasteiger charge is -2.05. The number of carbonyl (C=O) groups excluding carboxylic acids is 2. The molecule has 268 valence electrons. The predicted octanol–water partition coefficient (Wildman–Crippen LogP) is 11.6. The lowest BCUT2D eigenvalue weighted by atomic mass is 10.0. The largest absolute Gasteiger partial charge is 0.395 e. The third kappa shape index (κ3) is 40.9. The number of aliphatic hydroxyl groups excluding tert-OH is 1. The Bertz CT molecular complexity index is 598. The van der Waals surface area contributed by atoms with Crippen LogP contribution in [-0.4, -0.2) is 30.1 Å². The Morgan fingerprint density at radius 1 is 0.356 bits per heavy atom. The third-order valence-corrected chi connectivity index (χ3v) is 9.51. The molecule has 0 spiro atoms. The number of rotatable bonds is 39. The van der Waals surface area contributed by atoms with Gasteiger partial charge in [-0.25, -0.2) is 0 Å². The SMILES string of the molecule is NC(=O)CCCCCCCCCCCCCCCCCCCCCCCCCCCCCCCCCCCCC(=O)NCCO. The molecule has 0 aromatic rings. The molecule has 0 aliphatic carbocycles. The minimum atomic E-state index is -0.153. The van der Waals surface area contributed by atoms with Crippen LogP contribution in [0, 0.1) is 0 Å². The molecule has 0 bridgehead atoms. The van der Waals surface area contributed by atoms with Gasteiger partial charge in [0, 0.05) is 19.4 Å². The number of hydrogen-bond acceptors (Lipinski definition) is 3. The molecule has 5 nitrogen and oxygen atoms in total. The second-order valence-electron chi connectivity index (χ2n) is 14.1. The van der Waals surface area contributed by atoms with Crippen molar-refractivity contribution in [1.29, 1.82) is 0 Å². The molecule has 0 heterocycles. The summed E-state index contributed by atoms with van der Waals surface area (Å²) in [6.45, 7) is 0.412. The zero-order chi connectivity index (χ0) is 32.7. The molecule has 0 radical (unpaired) electrons. The fraction of sp³-hybridized carbons (Fsp3) is 0.950. The van der Waals surface area contributed by atoms with E-state index in [9.17, 15) is 9.59 Å². The van der Waals surface area contributed by atoms with E-state index in [1.54, 1.807) is 0 Å². The lowest BCUT2D eigenvalue weighted by molar-refractivity contribution is -0.121. The van der Waals surface area contributed by atoms with E-state index >= 15 is 0 Å². The molecule has 0 rings (SSSR count). The van der Waals surface area contributed by atoms with Gasteiger partial charge < -0.3 is 16.2 Å².